The van der Waals surface area contributed by atoms with E-state index in [4.69, 9.17) is 11.6 Å². The highest BCUT2D eigenvalue weighted by Crippen LogP contribution is 2.57. The first-order chi connectivity index (χ1) is 10.2. The largest absolute Gasteiger partial charge is 0.325 e. The summed E-state index contributed by atoms with van der Waals surface area (Å²) in [6.07, 6.45) is 0.539. The Morgan fingerprint density at radius 3 is 2.36 bits per heavy atom. The molecule has 6 heteroatoms. The van der Waals surface area contributed by atoms with Gasteiger partial charge in [0.25, 0.3) is 0 Å². The number of anilines is 1. The zero-order valence-electron chi connectivity index (χ0n) is 12.2. The average molecular weight is 324 g/mol. The molecule has 1 N–H and O–H groups in total. The monoisotopic (exact) mass is 323 g/mol. The third-order valence-electron chi connectivity index (χ3n) is 4.97. The third kappa shape index (κ3) is 2.07. The molecule has 22 heavy (non-hydrogen) atoms. The fourth-order valence-electron chi connectivity index (χ4n) is 3.48. The Hall–Kier alpha value is -1.75. The summed E-state index contributed by atoms with van der Waals surface area (Å²) in [5.41, 5.74) is -0.0973. The van der Waals surface area contributed by atoms with Gasteiger partial charge in [-0.3, -0.25) is 14.4 Å². The SMILES string of the molecule is CC1(C)C2CC1C(=O)C(C(=O)Nc1ccc(F)c(Cl)c1)C2=O. The summed E-state index contributed by atoms with van der Waals surface area (Å²) in [6, 6.07) is 3.70. The minimum Gasteiger partial charge on any atom is -0.325 e. The van der Waals surface area contributed by atoms with E-state index in [1.165, 1.54) is 12.1 Å². The van der Waals surface area contributed by atoms with Crippen LogP contribution in [0, 0.1) is 29.0 Å². The molecule has 4 nitrogen and oxygen atoms in total. The number of hydrogen-bond donors (Lipinski definition) is 1. The van der Waals surface area contributed by atoms with Crippen LogP contribution in [0.15, 0.2) is 18.2 Å². The van der Waals surface area contributed by atoms with E-state index in [1.807, 2.05) is 13.8 Å². The number of benzene rings is 1. The molecule has 0 aliphatic heterocycles. The Labute approximate surface area is 132 Å². The number of nitrogens with one attached hydrogen (secondary N) is 1. The quantitative estimate of drug-likeness (QED) is 0.851. The van der Waals surface area contributed by atoms with Crippen molar-refractivity contribution in [3.63, 3.8) is 0 Å². The van der Waals surface area contributed by atoms with Crippen LogP contribution in [0.1, 0.15) is 20.3 Å². The molecule has 3 aliphatic carbocycles. The smallest absolute Gasteiger partial charge is 0.242 e. The van der Waals surface area contributed by atoms with Gasteiger partial charge in [0.2, 0.25) is 5.91 Å². The van der Waals surface area contributed by atoms with Crippen molar-refractivity contribution in [2.24, 2.45) is 23.2 Å². The highest BCUT2D eigenvalue weighted by molar-refractivity contribution is 6.31. The fraction of sp³-hybridized carbons (Fsp3) is 0.438. The molecule has 0 radical (unpaired) electrons. The lowest BCUT2D eigenvalue weighted by Crippen LogP contribution is -2.63. The molecule has 4 rings (SSSR count). The van der Waals surface area contributed by atoms with Crippen LogP contribution >= 0.6 is 11.6 Å². The molecule has 0 spiro atoms. The zero-order valence-corrected chi connectivity index (χ0v) is 12.9. The van der Waals surface area contributed by atoms with Crippen LogP contribution in [0.4, 0.5) is 10.1 Å². The first kappa shape index (κ1) is 15.2. The van der Waals surface area contributed by atoms with Gasteiger partial charge >= 0.3 is 0 Å². The van der Waals surface area contributed by atoms with Crippen LogP contribution in [0.5, 0.6) is 0 Å². The molecule has 2 unspecified atom stereocenters. The number of carbonyl (C=O) groups is 3. The lowest BCUT2D eigenvalue weighted by molar-refractivity contribution is -0.169. The van der Waals surface area contributed by atoms with Gasteiger partial charge in [-0.25, -0.2) is 4.39 Å². The van der Waals surface area contributed by atoms with E-state index < -0.39 is 17.6 Å². The zero-order chi connectivity index (χ0) is 16.2. The van der Waals surface area contributed by atoms with Crippen LogP contribution in [0.3, 0.4) is 0 Å². The van der Waals surface area contributed by atoms with Crippen LogP contribution in [-0.2, 0) is 14.4 Å². The molecule has 1 aromatic rings. The Morgan fingerprint density at radius 2 is 1.86 bits per heavy atom. The maximum Gasteiger partial charge on any atom is 0.242 e. The molecule has 3 aliphatic rings. The molecule has 0 heterocycles. The van der Waals surface area contributed by atoms with Crippen molar-refractivity contribution in [1.29, 1.82) is 0 Å². The molecule has 0 saturated heterocycles. The number of halogens is 2. The number of fused-ring (bicyclic) bond motifs is 2. The number of hydrogen-bond acceptors (Lipinski definition) is 3. The Balaban J connectivity index is 1.80. The highest BCUT2D eigenvalue weighted by Gasteiger charge is 2.63. The molecule has 2 bridgehead atoms. The van der Waals surface area contributed by atoms with Crippen LogP contribution in [0.25, 0.3) is 0 Å². The van der Waals surface area contributed by atoms with Gasteiger partial charge in [0, 0.05) is 17.5 Å². The van der Waals surface area contributed by atoms with Crippen LogP contribution in [0.2, 0.25) is 5.02 Å². The summed E-state index contributed by atoms with van der Waals surface area (Å²) < 4.78 is 13.1. The lowest BCUT2D eigenvalue weighted by Gasteiger charge is -2.55. The van der Waals surface area contributed by atoms with Gasteiger partial charge in [0.15, 0.2) is 17.5 Å². The first-order valence-electron chi connectivity index (χ1n) is 7.07. The Kier molecular flexibility index (Phi) is 3.36. The Morgan fingerprint density at radius 1 is 1.27 bits per heavy atom. The molecule has 3 fully saturated rings. The molecular weight excluding hydrogens is 309 g/mol. The van der Waals surface area contributed by atoms with Crippen molar-refractivity contribution < 1.29 is 18.8 Å². The van der Waals surface area contributed by atoms with Crippen LogP contribution < -0.4 is 5.32 Å². The van der Waals surface area contributed by atoms with Gasteiger partial charge in [-0.1, -0.05) is 25.4 Å². The van der Waals surface area contributed by atoms with Gasteiger partial charge in [-0.05, 0) is 30.0 Å². The highest BCUT2D eigenvalue weighted by atomic mass is 35.5. The number of rotatable bonds is 2. The first-order valence-corrected chi connectivity index (χ1v) is 7.44. The second-order valence-corrected chi connectivity index (χ2v) is 6.93. The van der Waals surface area contributed by atoms with E-state index >= 15 is 0 Å². The Bertz CT molecular complexity index is 677. The third-order valence-corrected chi connectivity index (χ3v) is 5.26. The second kappa shape index (κ2) is 4.88. The van der Waals surface area contributed by atoms with Gasteiger partial charge < -0.3 is 5.32 Å². The molecule has 1 amide bonds. The summed E-state index contributed by atoms with van der Waals surface area (Å²) in [5.74, 6) is -3.66. The lowest BCUT2D eigenvalue weighted by atomic mass is 9.45. The normalized spacial score (nSPS) is 29.0. The maximum atomic E-state index is 13.1. The van der Waals surface area contributed by atoms with Gasteiger partial charge in [-0.2, -0.15) is 0 Å². The minimum atomic E-state index is -1.26. The number of carbonyl (C=O) groups excluding carboxylic acids is 3. The molecule has 1 aromatic carbocycles. The van der Waals surface area contributed by atoms with E-state index in [9.17, 15) is 18.8 Å². The molecule has 0 aromatic heterocycles. The van der Waals surface area contributed by atoms with Gasteiger partial charge in [0.05, 0.1) is 5.02 Å². The summed E-state index contributed by atoms with van der Waals surface area (Å²) in [5, 5.41) is 2.34. The number of ketones is 2. The summed E-state index contributed by atoms with van der Waals surface area (Å²) in [4.78, 5) is 37.0. The summed E-state index contributed by atoms with van der Waals surface area (Å²) in [6.45, 7) is 3.77. The van der Waals surface area contributed by atoms with Crippen molar-refractivity contribution in [3.8, 4) is 0 Å². The minimum absolute atomic E-state index is 0.136. The topological polar surface area (TPSA) is 63.2 Å². The number of Topliss-reactive ketones (excluding diaryl/α,β-unsaturated/α-hetero) is 2. The summed E-state index contributed by atoms with van der Waals surface area (Å²) >= 11 is 5.65. The van der Waals surface area contributed by atoms with Crippen molar-refractivity contribution in [3.05, 3.63) is 29.0 Å². The second-order valence-electron chi connectivity index (χ2n) is 6.52. The van der Waals surface area contributed by atoms with Crippen molar-refractivity contribution in [1.82, 2.24) is 0 Å². The summed E-state index contributed by atoms with van der Waals surface area (Å²) in [7, 11) is 0. The van der Waals surface area contributed by atoms with Crippen LogP contribution in [-0.4, -0.2) is 17.5 Å². The number of amides is 1. The molecule has 2 atom stereocenters. The molecular formula is C16H15ClFNO3. The van der Waals surface area contributed by atoms with E-state index in [0.29, 0.717) is 6.42 Å². The predicted octanol–water partition coefficient (Wildman–Crippen LogP) is 2.85. The van der Waals surface area contributed by atoms with Gasteiger partial charge in [-0.15, -0.1) is 0 Å². The van der Waals surface area contributed by atoms with E-state index in [-0.39, 0.29) is 39.5 Å². The van der Waals surface area contributed by atoms with E-state index in [1.54, 1.807) is 0 Å². The van der Waals surface area contributed by atoms with E-state index in [0.717, 1.165) is 6.07 Å². The van der Waals surface area contributed by atoms with Gasteiger partial charge in [0.1, 0.15) is 5.82 Å². The molecule has 3 saturated carbocycles. The van der Waals surface area contributed by atoms with E-state index in [2.05, 4.69) is 5.32 Å². The van der Waals surface area contributed by atoms with Crippen molar-refractivity contribution in [2.75, 3.05) is 5.32 Å². The standard InChI is InChI=1S/C16H15ClFNO3/c1-16(2)8-6-9(16)14(21)12(13(8)20)15(22)19-7-3-4-11(18)10(17)5-7/h3-5,8-9,12H,6H2,1-2H3,(H,19,22). The fourth-order valence-corrected chi connectivity index (χ4v) is 3.66. The molecule has 116 valence electrons. The predicted molar refractivity (Wildman–Crippen MR) is 78.9 cm³/mol. The average Bonchev–Trinajstić information content (AvgIpc) is 2.41. The van der Waals surface area contributed by atoms with Crippen molar-refractivity contribution >= 4 is 34.8 Å². The van der Waals surface area contributed by atoms with Crippen molar-refractivity contribution in [2.45, 2.75) is 20.3 Å². The maximum absolute atomic E-state index is 13.1.